The normalized spacial score (nSPS) is 28.3. The molecule has 1 aliphatic carbocycles. The SMILES string of the molecule is N#CC1CC2C(c3ccc(O)cc3)Oc3ccc(O)cc3[C@@H]2C1. The smallest absolute Gasteiger partial charge is 0.127 e. The van der Waals surface area contributed by atoms with Crippen LogP contribution in [0.3, 0.4) is 0 Å². The van der Waals surface area contributed by atoms with E-state index in [4.69, 9.17) is 4.74 Å². The highest BCUT2D eigenvalue weighted by molar-refractivity contribution is 5.46. The molecule has 4 atom stereocenters. The molecule has 0 radical (unpaired) electrons. The van der Waals surface area contributed by atoms with Crippen LogP contribution in [0.25, 0.3) is 0 Å². The van der Waals surface area contributed by atoms with Gasteiger partial charge in [0.15, 0.2) is 0 Å². The standard InChI is InChI=1S/C19H17NO3/c20-10-11-7-15-16-9-14(22)5-6-18(16)23-19(17(15)8-11)12-1-3-13(21)4-2-12/h1-6,9,11,15,17,19,21-22H,7-8H2/t11?,15-,17?,19?/m0/s1. The lowest BCUT2D eigenvalue weighted by Gasteiger charge is -2.36. The lowest BCUT2D eigenvalue weighted by Crippen LogP contribution is -2.26. The van der Waals surface area contributed by atoms with Crippen LogP contribution in [-0.2, 0) is 0 Å². The van der Waals surface area contributed by atoms with Gasteiger partial charge in [-0.25, -0.2) is 0 Å². The van der Waals surface area contributed by atoms with Gasteiger partial charge in [-0.1, -0.05) is 12.1 Å². The Morgan fingerprint density at radius 1 is 1.00 bits per heavy atom. The third-order valence-electron chi connectivity index (χ3n) is 5.05. The third kappa shape index (κ3) is 2.29. The van der Waals surface area contributed by atoms with E-state index in [0.29, 0.717) is 0 Å². The number of nitrogens with zero attached hydrogens (tertiary/aromatic N) is 1. The fourth-order valence-electron chi connectivity index (χ4n) is 4.00. The number of hydrogen-bond donors (Lipinski definition) is 2. The molecule has 4 heteroatoms. The number of hydrogen-bond acceptors (Lipinski definition) is 4. The summed E-state index contributed by atoms with van der Waals surface area (Å²) in [4.78, 5) is 0. The number of rotatable bonds is 1. The van der Waals surface area contributed by atoms with E-state index in [0.717, 1.165) is 29.7 Å². The molecule has 116 valence electrons. The second kappa shape index (κ2) is 5.20. The Hall–Kier alpha value is -2.67. The minimum Gasteiger partial charge on any atom is -0.508 e. The van der Waals surface area contributed by atoms with Crippen molar-refractivity contribution in [3.8, 4) is 23.3 Å². The summed E-state index contributed by atoms with van der Waals surface area (Å²) >= 11 is 0. The van der Waals surface area contributed by atoms with Crippen LogP contribution in [-0.4, -0.2) is 10.2 Å². The number of phenols is 2. The molecule has 1 aliphatic heterocycles. The number of aromatic hydroxyl groups is 2. The molecule has 23 heavy (non-hydrogen) atoms. The van der Waals surface area contributed by atoms with Crippen molar-refractivity contribution in [1.82, 2.24) is 0 Å². The highest BCUT2D eigenvalue weighted by Gasteiger charge is 2.45. The van der Waals surface area contributed by atoms with Crippen molar-refractivity contribution in [2.75, 3.05) is 0 Å². The fraction of sp³-hybridized carbons (Fsp3) is 0.316. The van der Waals surface area contributed by atoms with Crippen molar-refractivity contribution in [2.45, 2.75) is 24.9 Å². The molecular weight excluding hydrogens is 290 g/mol. The lowest BCUT2D eigenvalue weighted by atomic mass is 9.80. The Kier molecular flexibility index (Phi) is 3.16. The van der Waals surface area contributed by atoms with Gasteiger partial charge in [0.1, 0.15) is 23.4 Å². The molecule has 1 fully saturated rings. The monoisotopic (exact) mass is 307 g/mol. The van der Waals surface area contributed by atoms with Crippen LogP contribution in [0.15, 0.2) is 42.5 Å². The topological polar surface area (TPSA) is 73.5 Å². The van der Waals surface area contributed by atoms with Crippen molar-refractivity contribution >= 4 is 0 Å². The van der Waals surface area contributed by atoms with Crippen LogP contribution in [0.5, 0.6) is 17.2 Å². The largest absolute Gasteiger partial charge is 0.508 e. The van der Waals surface area contributed by atoms with Gasteiger partial charge in [0.05, 0.1) is 6.07 Å². The minimum absolute atomic E-state index is 0.0153. The quantitative estimate of drug-likeness (QED) is 0.839. The number of ether oxygens (including phenoxy) is 1. The van der Waals surface area contributed by atoms with Gasteiger partial charge in [-0.05, 0) is 54.7 Å². The summed E-state index contributed by atoms with van der Waals surface area (Å²) in [6.07, 6.45) is 1.47. The van der Waals surface area contributed by atoms with Gasteiger partial charge in [-0.2, -0.15) is 5.26 Å². The zero-order chi connectivity index (χ0) is 16.0. The summed E-state index contributed by atoms with van der Waals surface area (Å²) in [5, 5.41) is 28.6. The van der Waals surface area contributed by atoms with E-state index in [-0.39, 0.29) is 35.4 Å². The van der Waals surface area contributed by atoms with Crippen LogP contribution < -0.4 is 4.74 Å². The minimum atomic E-state index is -0.129. The van der Waals surface area contributed by atoms with Crippen LogP contribution in [0.2, 0.25) is 0 Å². The molecule has 0 spiro atoms. The summed E-state index contributed by atoms with van der Waals surface area (Å²) in [7, 11) is 0. The van der Waals surface area contributed by atoms with Crippen molar-refractivity contribution in [1.29, 1.82) is 5.26 Å². The Balaban J connectivity index is 1.78. The average molecular weight is 307 g/mol. The second-order valence-electron chi connectivity index (χ2n) is 6.42. The maximum Gasteiger partial charge on any atom is 0.127 e. The number of phenolic OH excluding ortho intramolecular Hbond substituents is 2. The molecule has 2 aromatic rings. The van der Waals surface area contributed by atoms with Gasteiger partial charge < -0.3 is 14.9 Å². The first-order valence-electron chi connectivity index (χ1n) is 7.84. The molecule has 2 aliphatic rings. The molecule has 3 unspecified atom stereocenters. The second-order valence-corrected chi connectivity index (χ2v) is 6.42. The summed E-state index contributed by atoms with van der Waals surface area (Å²) < 4.78 is 6.22. The molecule has 4 rings (SSSR count). The van der Waals surface area contributed by atoms with Gasteiger partial charge >= 0.3 is 0 Å². The average Bonchev–Trinajstić information content (AvgIpc) is 3.00. The van der Waals surface area contributed by atoms with E-state index in [1.54, 1.807) is 30.3 Å². The molecule has 0 saturated heterocycles. The maximum atomic E-state index is 9.80. The Bertz CT molecular complexity index is 778. The highest BCUT2D eigenvalue weighted by Crippen LogP contribution is 2.55. The van der Waals surface area contributed by atoms with E-state index in [1.165, 1.54) is 0 Å². The highest BCUT2D eigenvalue weighted by atomic mass is 16.5. The Morgan fingerprint density at radius 2 is 1.74 bits per heavy atom. The Labute approximate surface area is 134 Å². The van der Waals surface area contributed by atoms with Gasteiger partial charge in [-0.15, -0.1) is 0 Å². The molecule has 1 saturated carbocycles. The maximum absolute atomic E-state index is 9.80. The third-order valence-corrected chi connectivity index (χ3v) is 5.05. The van der Waals surface area contributed by atoms with Crippen LogP contribution in [0, 0.1) is 23.2 Å². The summed E-state index contributed by atoms with van der Waals surface area (Å²) in [5.41, 5.74) is 2.01. The first-order valence-corrected chi connectivity index (χ1v) is 7.84. The van der Waals surface area contributed by atoms with Crippen molar-refractivity contribution in [3.05, 3.63) is 53.6 Å². The molecular formula is C19H17NO3. The van der Waals surface area contributed by atoms with Gasteiger partial charge in [0.25, 0.3) is 0 Å². The molecule has 1 heterocycles. The molecule has 0 bridgehead atoms. The number of fused-ring (bicyclic) bond motifs is 3. The van der Waals surface area contributed by atoms with E-state index < -0.39 is 0 Å². The van der Waals surface area contributed by atoms with E-state index >= 15 is 0 Å². The summed E-state index contributed by atoms with van der Waals surface area (Å²) in [6, 6.07) is 14.7. The van der Waals surface area contributed by atoms with Crippen LogP contribution >= 0.6 is 0 Å². The zero-order valence-corrected chi connectivity index (χ0v) is 12.5. The van der Waals surface area contributed by atoms with Crippen LogP contribution in [0.1, 0.15) is 36.0 Å². The predicted molar refractivity (Wildman–Crippen MR) is 84.2 cm³/mol. The van der Waals surface area contributed by atoms with Crippen molar-refractivity contribution in [2.24, 2.45) is 11.8 Å². The first-order chi connectivity index (χ1) is 11.2. The molecule has 0 amide bonds. The van der Waals surface area contributed by atoms with E-state index in [2.05, 4.69) is 6.07 Å². The van der Waals surface area contributed by atoms with Gasteiger partial charge in [0.2, 0.25) is 0 Å². The molecule has 2 aromatic carbocycles. The van der Waals surface area contributed by atoms with Crippen molar-refractivity contribution in [3.63, 3.8) is 0 Å². The van der Waals surface area contributed by atoms with Gasteiger partial charge in [0, 0.05) is 17.4 Å². The summed E-state index contributed by atoms with van der Waals surface area (Å²) in [6.45, 7) is 0. The first kappa shape index (κ1) is 14.0. The van der Waals surface area contributed by atoms with E-state index in [1.807, 2.05) is 12.1 Å². The lowest BCUT2D eigenvalue weighted by molar-refractivity contribution is 0.103. The van der Waals surface area contributed by atoms with Gasteiger partial charge in [-0.3, -0.25) is 0 Å². The number of benzene rings is 2. The zero-order valence-electron chi connectivity index (χ0n) is 12.5. The van der Waals surface area contributed by atoms with Crippen molar-refractivity contribution < 1.29 is 14.9 Å². The summed E-state index contributed by atoms with van der Waals surface area (Å²) in [5.74, 6) is 1.68. The molecule has 4 nitrogen and oxygen atoms in total. The Morgan fingerprint density at radius 3 is 2.48 bits per heavy atom. The molecule has 0 aromatic heterocycles. The van der Waals surface area contributed by atoms with Crippen LogP contribution in [0.4, 0.5) is 0 Å². The predicted octanol–water partition coefficient (Wildman–Crippen LogP) is 3.86. The number of nitriles is 1. The fourth-order valence-corrected chi connectivity index (χ4v) is 4.00. The molecule has 2 N–H and O–H groups in total. The van der Waals surface area contributed by atoms with E-state index in [9.17, 15) is 15.5 Å².